The number of aromatic nitrogens is 1. The van der Waals surface area contributed by atoms with Crippen molar-refractivity contribution < 1.29 is 18.3 Å². The molecule has 0 saturated carbocycles. The summed E-state index contributed by atoms with van der Waals surface area (Å²) in [5, 5.41) is 10.7. The molecular formula is C19H12F3NO. The minimum atomic E-state index is -4.82. The second kappa shape index (κ2) is 4.92. The van der Waals surface area contributed by atoms with Crippen molar-refractivity contribution in [3.63, 3.8) is 0 Å². The monoisotopic (exact) mass is 327 g/mol. The Kier molecular flexibility index (Phi) is 3.05. The van der Waals surface area contributed by atoms with Crippen LogP contribution >= 0.6 is 0 Å². The molecule has 1 atom stereocenters. The summed E-state index contributed by atoms with van der Waals surface area (Å²) in [4.78, 5) is 4.04. The molecule has 1 aliphatic rings. The highest BCUT2D eigenvalue weighted by atomic mass is 19.4. The smallest absolute Gasteiger partial charge is 0.372 e. The van der Waals surface area contributed by atoms with Crippen LogP contribution in [0.1, 0.15) is 11.1 Å². The van der Waals surface area contributed by atoms with Gasteiger partial charge >= 0.3 is 6.18 Å². The Morgan fingerprint density at radius 1 is 0.833 bits per heavy atom. The van der Waals surface area contributed by atoms with Crippen LogP contribution in [0, 0.1) is 0 Å². The highest BCUT2D eigenvalue weighted by molar-refractivity contribution is 5.92. The van der Waals surface area contributed by atoms with Crippen LogP contribution in [-0.4, -0.2) is 16.3 Å². The minimum absolute atomic E-state index is 0.135. The summed E-state index contributed by atoms with van der Waals surface area (Å²) in [6, 6.07) is 14.2. The average molecular weight is 327 g/mol. The summed E-state index contributed by atoms with van der Waals surface area (Å²) >= 11 is 0. The van der Waals surface area contributed by atoms with Gasteiger partial charge in [-0.15, -0.1) is 0 Å². The topological polar surface area (TPSA) is 33.1 Å². The van der Waals surface area contributed by atoms with Crippen molar-refractivity contribution in [2.24, 2.45) is 0 Å². The van der Waals surface area contributed by atoms with Gasteiger partial charge in [0.05, 0.1) is 0 Å². The van der Waals surface area contributed by atoms with E-state index in [9.17, 15) is 18.3 Å². The van der Waals surface area contributed by atoms with Crippen molar-refractivity contribution in [3.05, 3.63) is 78.1 Å². The SMILES string of the molecule is OC1(C(F)(F)F)c2ccccc2-c2c(-c3cccnc3)cccc21. The summed E-state index contributed by atoms with van der Waals surface area (Å²) in [7, 11) is 0. The fourth-order valence-corrected chi connectivity index (χ4v) is 3.37. The number of halogens is 3. The maximum atomic E-state index is 13.8. The van der Waals surface area contributed by atoms with Gasteiger partial charge in [0.15, 0.2) is 0 Å². The van der Waals surface area contributed by atoms with E-state index in [0.29, 0.717) is 22.3 Å². The molecule has 2 nitrogen and oxygen atoms in total. The van der Waals surface area contributed by atoms with E-state index >= 15 is 0 Å². The first-order valence-corrected chi connectivity index (χ1v) is 7.37. The molecule has 0 bridgehead atoms. The molecule has 1 aliphatic carbocycles. The molecule has 4 rings (SSSR count). The Morgan fingerprint density at radius 2 is 1.54 bits per heavy atom. The van der Waals surface area contributed by atoms with Crippen LogP contribution in [0.3, 0.4) is 0 Å². The molecule has 1 heterocycles. The van der Waals surface area contributed by atoms with E-state index in [-0.39, 0.29) is 11.1 Å². The lowest BCUT2D eigenvalue weighted by atomic mass is 9.89. The lowest BCUT2D eigenvalue weighted by Crippen LogP contribution is -2.41. The first-order chi connectivity index (χ1) is 11.4. The molecule has 0 amide bonds. The van der Waals surface area contributed by atoms with Crippen molar-refractivity contribution in [1.29, 1.82) is 0 Å². The Balaban J connectivity index is 2.10. The van der Waals surface area contributed by atoms with Crippen molar-refractivity contribution in [2.45, 2.75) is 11.8 Å². The Morgan fingerprint density at radius 3 is 2.25 bits per heavy atom. The highest BCUT2D eigenvalue weighted by Gasteiger charge is 2.61. The molecule has 1 aromatic heterocycles. The quantitative estimate of drug-likeness (QED) is 0.712. The van der Waals surface area contributed by atoms with Gasteiger partial charge in [-0.25, -0.2) is 0 Å². The van der Waals surface area contributed by atoms with E-state index in [4.69, 9.17) is 0 Å². The molecule has 1 N–H and O–H groups in total. The van der Waals surface area contributed by atoms with Gasteiger partial charge in [0.1, 0.15) is 0 Å². The van der Waals surface area contributed by atoms with E-state index in [0.717, 1.165) is 0 Å². The van der Waals surface area contributed by atoms with E-state index in [1.165, 1.54) is 24.3 Å². The third kappa shape index (κ3) is 1.85. The molecule has 0 aliphatic heterocycles. The fraction of sp³-hybridized carbons (Fsp3) is 0.105. The largest absolute Gasteiger partial charge is 0.425 e. The molecule has 1 unspecified atom stereocenters. The van der Waals surface area contributed by atoms with Crippen LogP contribution in [0.15, 0.2) is 67.0 Å². The fourth-order valence-electron chi connectivity index (χ4n) is 3.37. The van der Waals surface area contributed by atoms with Crippen LogP contribution in [0.4, 0.5) is 13.2 Å². The second-order valence-corrected chi connectivity index (χ2v) is 5.72. The maximum Gasteiger partial charge on any atom is 0.425 e. The molecule has 0 radical (unpaired) electrons. The zero-order valence-electron chi connectivity index (χ0n) is 12.4. The normalized spacial score (nSPS) is 19.0. The van der Waals surface area contributed by atoms with Crippen LogP contribution in [0.25, 0.3) is 22.3 Å². The number of benzene rings is 2. The van der Waals surface area contributed by atoms with Crippen LogP contribution in [0.2, 0.25) is 0 Å². The van der Waals surface area contributed by atoms with Gasteiger partial charge in [-0.1, -0.05) is 48.5 Å². The van der Waals surface area contributed by atoms with Gasteiger partial charge in [0.2, 0.25) is 5.60 Å². The minimum Gasteiger partial charge on any atom is -0.372 e. The maximum absolute atomic E-state index is 13.8. The number of fused-ring (bicyclic) bond motifs is 3. The Bertz CT molecular complexity index is 921. The molecule has 24 heavy (non-hydrogen) atoms. The summed E-state index contributed by atoms with van der Waals surface area (Å²) in [5.41, 5.74) is -1.16. The van der Waals surface area contributed by atoms with Gasteiger partial charge in [-0.3, -0.25) is 4.98 Å². The predicted octanol–water partition coefficient (Wildman–Crippen LogP) is 4.53. The molecule has 0 fully saturated rings. The molecule has 0 spiro atoms. The third-order valence-electron chi connectivity index (χ3n) is 4.42. The summed E-state index contributed by atoms with van der Waals surface area (Å²) in [6.07, 6.45) is -1.61. The molecule has 2 aromatic carbocycles. The zero-order chi connectivity index (χ0) is 16.9. The third-order valence-corrected chi connectivity index (χ3v) is 4.42. The van der Waals surface area contributed by atoms with Crippen molar-refractivity contribution >= 4 is 0 Å². The average Bonchev–Trinajstić information content (AvgIpc) is 2.87. The van der Waals surface area contributed by atoms with E-state index in [2.05, 4.69) is 4.98 Å². The first-order valence-electron chi connectivity index (χ1n) is 7.37. The number of alkyl halides is 3. The number of hydrogen-bond acceptors (Lipinski definition) is 2. The number of pyridine rings is 1. The molecule has 3 aromatic rings. The summed E-state index contributed by atoms with van der Waals surface area (Å²) in [6.45, 7) is 0. The van der Waals surface area contributed by atoms with Gasteiger partial charge < -0.3 is 5.11 Å². The molecule has 120 valence electrons. The lowest BCUT2D eigenvalue weighted by Gasteiger charge is -2.28. The second-order valence-electron chi connectivity index (χ2n) is 5.72. The van der Waals surface area contributed by atoms with Crippen LogP contribution < -0.4 is 0 Å². The molecule has 0 saturated heterocycles. The molecule has 5 heteroatoms. The number of nitrogens with zero attached hydrogens (tertiary/aromatic N) is 1. The standard InChI is InChI=1S/C19H12F3NO/c20-19(21,22)18(24)15-8-2-1-6-14(15)17-13(7-3-9-16(17)18)12-5-4-10-23-11-12/h1-11,24H. The van der Waals surface area contributed by atoms with E-state index in [1.54, 1.807) is 42.7 Å². The van der Waals surface area contributed by atoms with Crippen molar-refractivity contribution in [1.82, 2.24) is 4.98 Å². The van der Waals surface area contributed by atoms with E-state index < -0.39 is 11.8 Å². The highest BCUT2D eigenvalue weighted by Crippen LogP contribution is 2.56. The summed E-state index contributed by atoms with van der Waals surface area (Å²) < 4.78 is 41.3. The van der Waals surface area contributed by atoms with Crippen LogP contribution in [-0.2, 0) is 5.60 Å². The van der Waals surface area contributed by atoms with E-state index in [1.807, 2.05) is 0 Å². The van der Waals surface area contributed by atoms with Crippen molar-refractivity contribution in [3.8, 4) is 22.3 Å². The Hall–Kier alpha value is -2.66. The number of hydrogen-bond donors (Lipinski definition) is 1. The van der Waals surface area contributed by atoms with Crippen LogP contribution in [0.5, 0.6) is 0 Å². The van der Waals surface area contributed by atoms with Gasteiger partial charge in [-0.2, -0.15) is 13.2 Å². The Labute approximate surface area is 136 Å². The van der Waals surface area contributed by atoms with Gasteiger partial charge in [0.25, 0.3) is 0 Å². The van der Waals surface area contributed by atoms with Crippen molar-refractivity contribution in [2.75, 3.05) is 0 Å². The van der Waals surface area contributed by atoms with Gasteiger partial charge in [0, 0.05) is 29.1 Å². The predicted molar refractivity (Wildman–Crippen MR) is 84.2 cm³/mol. The van der Waals surface area contributed by atoms with Gasteiger partial charge in [-0.05, 0) is 22.8 Å². The first kappa shape index (κ1) is 14.9. The number of rotatable bonds is 1. The number of aliphatic hydroxyl groups is 1. The zero-order valence-corrected chi connectivity index (χ0v) is 12.4. The lowest BCUT2D eigenvalue weighted by molar-refractivity contribution is -0.246. The summed E-state index contributed by atoms with van der Waals surface area (Å²) in [5.74, 6) is 0. The molecular weight excluding hydrogens is 315 g/mol.